The normalized spacial score (nSPS) is 12.5. The minimum Gasteiger partial charge on any atom is -0.465 e. The van der Waals surface area contributed by atoms with E-state index in [9.17, 15) is 23.9 Å². The molecule has 4 rings (SSSR count). The van der Waals surface area contributed by atoms with Gasteiger partial charge in [0.05, 0.1) is 18.4 Å². The number of carbonyl (C=O) groups excluding carboxylic acids is 2. The van der Waals surface area contributed by atoms with Crippen LogP contribution >= 0.6 is 7.60 Å². The highest BCUT2D eigenvalue weighted by atomic mass is 31.2. The number of rotatable bonds is 5. The van der Waals surface area contributed by atoms with E-state index in [0.717, 1.165) is 16.2 Å². The zero-order valence-corrected chi connectivity index (χ0v) is 18.0. The summed E-state index contributed by atoms with van der Waals surface area (Å²) in [6.45, 7) is 0. The topological polar surface area (TPSA) is 113 Å². The maximum Gasteiger partial charge on any atom is 0.342 e. The van der Waals surface area contributed by atoms with Crippen LogP contribution in [0.5, 0.6) is 0 Å². The van der Waals surface area contributed by atoms with E-state index in [4.69, 9.17) is 4.74 Å². The summed E-state index contributed by atoms with van der Waals surface area (Å²) < 4.78 is 17.3. The number of ether oxygens (including phenoxy) is 1. The molecule has 3 N–H and O–H groups in total. The minimum absolute atomic E-state index is 0.0851. The lowest BCUT2D eigenvalue weighted by Gasteiger charge is -2.21. The van der Waals surface area contributed by atoms with Gasteiger partial charge in [-0.1, -0.05) is 66.7 Å². The van der Waals surface area contributed by atoms with E-state index < -0.39 is 25.1 Å². The molecule has 4 aromatic rings. The van der Waals surface area contributed by atoms with Crippen LogP contribution in [-0.2, 0) is 14.1 Å². The van der Waals surface area contributed by atoms with Gasteiger partial charge in [-0.05, 0) is 39.2 Å². The van der Waals surface area contributed by atoms with E-state index in [-0.39, 0.29) is 16.8 Å². The maximum absolute atomic E-state index is 13.2. The van der Waals surface area contributed by atoms with Crippen molar-refractivity contribution < 1.29 is 28.7 Å². The third kappa shape index (κ3) is 4.14. The molecule has 1 unspecified atom stereocenters. The van der Waals surface area contributed by atoms with Gasteiger partial charge in [0.2, 0.25) is 5.91 Å². The van der Waals surface area contributed by atoms with Crippen LogP contribution in [0.25, 0.3) is 21.5 Å². The highest BCUT2D eigenvalue weighted by molar-refractivity contribution is 7.53. The Morgan fingerprint density at radius 1 is 0.875 bits per heavy atom. The van der Waals surface area contributed by atoms with Crippen molar-refractivity contribution in [1.82, 2.24) is 0 Å². The van der Waals surface area contributed by atoms with Gasteiger partial charge in [0.1, 0.15) is 0 Å². The summed E-state index contributed by atoms with van der Waals surface area (Å²) in [5.74, 6) is -1.60. The Morgan fingerprint density at radius 2 is 1.47 bits per heavy atom. The van der Waals surface area contributed by atoms with Crippen molar-refractivity contribution in [1.29, 1.82) is 0 Å². The van der Waals surface area contributed by atoms with Gasteiger partial charge >= 0.3 is 13.6 Å². The molecular formula is C24H20NO6P. The molecule has 0 saturated carbocycles. The molecule has 0 fully saturated rings. The fraction of sp³-hybridized carbons (Fsp3) is 0.0833. The number of hydrogen-bond acceptors (Lipinski definition) is 4. The van der Waals surface area contributed by atoms with Gasteiger partial charge in [0.15, 0.2) is 5.66 Å². The van der Waals surface area contributed by atoms with E-state index >= 15 is 0 Å². The van der Waals surface area contributed by atoms with Crippen LogP contribution in [0.3, 0.4) is 0 Å². The molecule has 0 aliphatic carbocycles. The number of benzene rings is 4. The Morgan fingerprint density at radius 3 is 2.12 bits per heavy atom. The summed E-state index contributed by atoms with van der Waals surface area (Å²) in [5.41, 5.74) is -1.36. The maximum atomic E-state index is 13.2. The lowest BCUT2D eigenvalue weighted by molar-refractivity contribution is -0.116. The van der Waals surface area contributed by atoms with Gasteiger partial charge in [0, 0.05) is 0 Å². The number of esters is 1. The van der Waals surface area contributed by atoms with Crippen molar-refractivity contribution in [3.8, 4) is 0 Å². The lowest BCUT2D eigenvalue weighted by Crippen LogP contribution is -2.23. The summed E-state index contributed by atoms with van der Waals surface area (Å²) in [5, 5.41) is 5.36. The monoisotopic (exact) mass is 449 g/mol. The predicted octanol–water partition coefficient (Wildman–Crippen LogP) is 4.64. The Hall–Kier alpha value is -3.51. The average molecular weight is 449 g/mol. The first-order chi connectivity index (χ1) is 15.3. The van der Waals surface area contributed by atoms with Crippen LogP contribution in [0, 0.1) is 0 Å². The molecule has 32 heavy (non-hydrogen) atoms. The van der Waals surface area contributed by atoms with E-state index in [0.29, 0.717) is 5.39 Å². The first-order valence-electron chi connectivity index (χ1n) is 9.74. The van der Waals surface area contributed by atoms with Crippen molar-refractivity contribution >= 4 is 46.7 Å². The van der Waals surface area contributed by atoms with Crippen molar-refractivity contribution in [3.63, 3.8) is 0 Å². The summed E-state index contributed by atoms with van der Waals surface area (Å²) >= 11 is 0. The second-order valence-corrected chi connectivity index (χ2v) is 8.98. The molecule has 4 aromatic carbocycles. The van der Waals surface area contributed by atoms with E-state index in [1.54, 1.807) is 60.7 Å². The Kier molecular flexibility index (Phi) is 5.80. The smallest absolute Gasteiger partial charge is 0.342 e. The number of nitrogens with one attached hydrogen (secondary N) is 1. The van der Waals surface area contributed by atoms with E-state index in [2.05, 4.69) is 5.32 Å². The standard InChI is InChI=1S/C24H20NO6P/c1-31-24(27)20-13-16-8-2-3-9-17(16)14-21(20)25-23(26)22(32(28,29)30)19-12-6-10-15-7-4-5-11-18(15)19/h2-14,22H,1H3,(H,25,26)(H2,28,29,30). The minimum atomic E-state index is -4.92. The Balaban J connectivity index is 1.82. The second-order valence-electron chi connectivity index (χ2n) is 7.29. The van der Waals surface area contributed by atoms with Crippen molar-refractivity contribution in [2.24, 2.45) is 0 Å². The van der Waals surface area contributed by atoms with E-state index in [1.807, 2.05) is 12.1 Å². The van der Waals surface area contributed by atoms with Crippen LogP contribution in [0.1, 0.15) is 21.6 Å². The highest BCUT2D eigenvalue weighted by Gasteiger charge is 2.38. The number of hydrogen-bond donors (Lipinski definition) is 3. The average Bonchev–Trinajstić information content (AvgIpc) is 2.77. The lowest BCUT2D eigenvalue weighted by atomic mass is 10.0. The number of carbonyl (C=O) groups is 2. The van der Waals surface area contributed by atoms with Crippen LogP contribution in [0.2, 0.25) is 0 Å². The largest absolute Gasteiger partial charge is 0.465 e. The zero-order chi connectivity index (χ0) is 22.9. The van der Waals surface area contributed by atoms with Gasteiger partial charge in [0.25, 0.3) is 0 Å². The molecular weight excluding hydrogens is 429 g/mol. The predicted molar refractivity (Wildman–Crippen MR) is 123 cm³/mol. The van der Waals surface area contributed by atoms with Crippen LogP contribution < -0.4 is 5.32 Å². The third-order valence-electron chi connectivity index (χ3n) is 5.25. The first kappa shape index (κ1) is 21.7. The molecule has 0 spiro atoms. The molecule has 8 heteroatoms. The molecule has 162 valence electrons. The van der Waals surface area contributed by atoms with Crippen LogP contribution in [0.4, 0.5) is 5.69 Å². The molecule has 7 nitrogen and oxygen atoms in total. The van der Waals surface area contributed by atoms with Gasteiger partial charge in [-0.15, -0.1) is 0 Å². The summed E-state index contributed by atoms with van der Waals surface area (Å²) in [4.78, 5) is 45.8. The molecule has 1 atom stereocenters. The number of amides is 1. The van der Waals surface area contributed by atoms with Crippen molar-refractivity contribution in [2.45, 2.75) is 5.66 Å². The SMILES string of the molecule is COC(=O)c1cc2ccccc2cc1NC(=O)C(c1cccc2ccccc12)P(=O)(O)O. The molecule has 0 radical (unpaired) electrons. The zero-order valence-electron chi connectivity index (χ0n) is 17.1. The summed E-state index contributed by atoms with van der Waals surface area (Å²) in [6.07, 6.45) is 0. The number of anilines is 1. The molecule has 0 saturated heterocycles. The van der Waals surface area contributed by atoms with Crippen molar-refractivity contribution in [2.75, 3.05) is 12.4 Å². The quantitative estimate of drug-likeness (QED) is 0.302. The molecule has 0 bridgehead atoms. The van der Waals surface area contributed by atoms with Crippen molar-refractivity contribution in [3.05, 3.63) is 90.0 Å². The fourth-order valence-electron chi connectivity index (χ4n) is 3.79. The molecule has 0 aliphatic heterocycles. The van der Waals surface area contributed by atoms with Gasteiger partial charge in [-0.25, -0.2) is 4.79 Å². The third-order valence-corrected chi connectivity index (χ3v) is 6.44. The van der Waals surface area contributed by atoms with Gasteiger partial charge in [-0.3, -0.25) is 9.36 Å². The number of methoxy groups -OCH3 is 1. The molecule has 0 aromatic heterocycles. The Labute approximate surface area is 183 Å². The van der Waals surface area contributed by atoms with Crippen LogP contribution in [-0.4, -0.2) is 28.8 Å². The summed E-state index contributed by atoms with van der Waals surface area (Å²) in [7, 11) is -3.70. The molecule has 0 aliphatic rings. The summed E-state index contributed by atoms with van der Waals surface area (Å²) in [6, 6.07) is 22.4. The molecule has 1 amide bonds. The first-order valence-corrected chi connectivity index (χ1v) is 11.4. The van der Waals surface area contributed by atoms with Crippen LogP contribution in [0.15, 0.2) is 78.9 Å². The molecule has 0 heterocycles. The number of fused-ring (bicyclic) bond motifs is 2. The fourth-order valence-corrected chi connectivity index (χ4v) is 4.75. The van der Waals surface area contributed by atoms with Gasteiger partial charge in [-0.2, -0.15) is 0 Å². The second kappa shape index (κ2) is 8.55. The van der Waals surface area contributed by atoms with E-state index in [1.165, 1.54) is 13.2 Å². The Bertz CT molecular complexity index is 1390. The van der Waals surface area contributed by atoms with Gasteiger partial charge < -0.3 is 19.8 Å². The highest BCUT2D eigenvalue weighted by Crippen LogP contribution is 2.53.